The Bertz CT molecular complexity index is 773. The van der Waals surface area contributed by atoms with Crippen LogP contribution in [0.5, 0.6) is 0 Å². The summed E-state index contributed by atoms with van der Waals surface area (Å²) in [5, 5.41) is 13.5. The van der Waals surface area contributed by atoms with Gasteiger partial charge in [-0.05, 0) is 13.3 Å². The normalized spacial score (nSPS) is 32.7. The third kappa shape index (κ3) is 2.97. The van der Waals surface area contributed by atoms with Gasteiger partial charge in [0.25, 0.3) is 0 Å². The number of ketones is 2. The van der Waals surface area contributed by atoms with Gasteiger partial charge in [0.1, 0.15) is 0 Å². The van der Waals surface area contributed by atoms with E-state index in [9.17, 15) is 14.7 Å². The Morgan fingerprint density at radius 2 is 1.90 bits per heavy atom. The van der Waals surface area contributed by atoms with Crippen LogP contribution in [0.4, 0.5) is 0 Å². The van der Waals surface area contributed by atoms with E-state index in [4.69, 9.17) is 9.47 Å². The predicted octanol–water partition coefficient (Wildman–Crippen LogP) is 1.66. The molecule has 4 atom stereocenters. The molecule has 3 heterocycles. The zero-order valence-electron chi connectivity index (χ0n) is 17.6. The van der Waals surface area contributed by atoms with Crippen LogP contribution in [0.25, 0.3) is 0 Å². The van der Waals surface area contributed by atoms with Gasteiger partial charge in [-0.1, -0.05) is 39.0 Å². The Labute approximate surface area is 172 Å². The maximum Gasteiger partial charge on any atom is 0.226 e. The van der Waals surface area contributed by atoms with Crippen molar-refractivity contribution < 1.29 is 24.2 Å². The molecule has 0 amide bonds. The number of hydrogen-bond acceptors (Lipinski definition) is 7. The van der Waals surface area contributed by atoms with Crippen LogP contribution in [0.2, 0.25) is 0 Å². The number of nitrogens with zero attached hydrogens (tertiary/aromatic N) is 1. The van der Waals surface area contributed by atoms with Gasteiger partial charge >= 0.3 is 0 Å². The molecule has 4 aliphatic rings. The highest BCUT2D eigenvalue weighted by atomic mass is 16.5. The molecule has 0 aromatic heterocycles. The predicted molar refractivity (Wildman–Crippen MR) is 107 cm³/mol. The molecule has 1 aliphatic carbocycles. The first-order valence-electron chi connectivity index (χ1n) is 10.9. The molecule has 0 saturated carbocycles. The number of nitrogens with one attached hydrogen (secondary N) is 1. The van der Waals surface area contributed by atoms with Crippen molar-refractivity contribution in [3.8, 4) is 0 Å². The first-order valence-corrected chi connectivity index (χ1v) is 10.9. The summed E-state index contributed by atoms with van der Waals surface area (Å²) in [7, 11) is 1.59. The molecule has 0 spiro atoms. The van der Waals surface area contributed by atoms with Crippen LogP contribution in [0.15, 0.2) is 22.6 Å². The Kier molecular flexibility index (Phi) is 5.57. The summed E-state index contributed by atoms with van der Waals surface area (Å²) in [6.45, 7) is 4.63. The minimum atomic E-state index is -0.871. The van der Waals surface area contributed by atoms with E-state index in [-0.39, 0.29) is 36.0 Å². The number of carbonyl (C=O) groups is 2. The van der Waals surface area contributed by atoms with Crippen molar-refractivity contribution in [2.45, 2.75) is 70.2 Å². The summed E-state index contributed by atoms with van der Waals surface area (Å²) in [4.78, 5) is 28.5. The number of unbranched alkanes of at least 4 members (excludes halogenated alkanes) is 5. The third-order valence-electron chi connectivity index (χ3n) is 6.91. The van der Waals surface area contributed by atoms with Crippen molar-refractivity contribution in [1.82, 2.24) is 10.2 Å². The number of piperazine rings is 1. The average molecular weight is 405 g/mol. The van der Waals surface area contributed by atoms with E-state index >= 15 is 0 Å². The zero-order valence-corrected chi connectivity index (χ0v) is 17.6. The fraction of sp³-hybridized carbons (Fsp3) is 0.727. The highest BCUT2D eigenvalue weighted by molar-refractivity contribution is 6.25. The van der Waals surface area contributed by atoms with E-state index in [0.717, 1.165) is 19.3 Å². The molecular formula is C22H32N2O5. The molecule has 2 N–H and O–H groups in total. The highest BCUT2D eigenvalue weighted by Gasteiger charge is 2.72. The smallest absolute Gasteiger partial charge is 0.226 e. The molecular weight excluding hydrogens is 372 g/mol. The SMILES string of the molecule is CCCCCCCCOC1=C(C)C(=O)C2=C(C1=O)C(CO)C1(OC)C3NC3CN21. The van der Waals surface area contributed by atoms with Crippen molar-refractivity contribution in [3.63, 3.8) is 0 Å². The van der Waals surface area contributed by atoms with Crippen molar-refractivity contribution in [2.24, 2.45) is 5.92 Å². The zero-order chi connectivity index (χ0) is 20.8. The second kappa shape index (κ2) is 7.85. The number of ether oxygens (including phenoxy) is 2. The minimum Gasteiger partial charge on any atom is -0.489 e. The summed E-state index contributed by atoms with van der Waals surface area (Å²) < 4.78 is 11.7. The Morgan fingerprint density at radius 1 is 1.17 bits per heavy atom. The van der Waals surface area contributed by atoms with Crippen LogP contribution in [-0.2, 0) is 19.1 Å². The van der Waals surface area contributed by atoms with E-state index < -0.39 is 11.6 Å². The number of fused-ring (bicyclic) bond motifs is 4. The number of Topliss-reactive ketones (excluding diaryl/α,β-unsaturated/α-hetero) is 2. The van der Waals surface area contributed by atoms with Crippen molar-refractivity contribution in [1.29, 1.82) is 0 Å². The van der Waals surface area contributed by atoms with Crippen LogP contribution in [0.1, 0.15) is 52.4 Å². The molecule has 29 heavy (non-hydrogen) atoms. The second-order valence-electron chi connectivity index (χ2n) is 8.54. The van der Waals surface area contributed by atoms with Gasteiger partial charge in [0, 0.05) is 30.8 Å². The minimum absolute atomic E-state index is 0.0173. The first-order chi connectivity index (χ1) is 14.0. The maximum absolute atomic E-state index is 13.3. The Hall–Kier alpha value is -1.70. The number of allylic oxidation sites excluding steroid dienone is 2. The fourth-order valence-electron chi connectivity index (χ4n) is 5.35. The molecule has 160 valence electrons. The number of hydrogen-bond donors (Lipinski definition) is 2. The second-order valence-corrected chi connectivity index (χ2v) is 8.54. The standard InChI is InChI=1S/C22H32N2O5/c1-4-5-6-7-8-9-10-29-20-13(2)18(26)17-16(19(20)27)14(12-25)22(28-3)21-15(23-21)11-24(17)22/h14-15,21,23,25H,4-12H2,1-3H3. The van der Waals surface area contributed by atoms with Gasteiger partial charge in [-0.25, -0.2) is 0 Å². The summed E-state index contributed by atoms with van der Waals surface area (Å²) in [5.41, 5.74) is 0.242. The van der Waals surface area contributed by atoms with E-state index in [2.05, 4.69) is 12.2 Å². The highest BCUT2D eigenvalue weighted by Crippen LogP contribution is 2.55. The van der Waals surface area contributed by atoms with Gasteiger partial charge in [-0.15, -0.1) is 0 Å². The van der Waals surface area contributed by atoms with E-state index in [1.807, 2.05) is 4.90 Å². The lowest BCUT2D eigenvalue weighted by Crippen LogP contribution is -2.54. The summed E-state index contributed by atoms with van der Waals surface area (Å²) in [6.07, 6.45) is 6.74. The molecule has 0 aromatic carbocycles. The van der Waals surface area contributed by atoms with Gasteiger partial charge in [-0.3, -0.25) is 9.59 Å². The van der Waals surface area contributed by atoms with Crippen LogP contribution in [-0.4, -0.2) is 66.2 Å². The molecule has 7 nitrogen and oxygen atoms in total. The monoisotopic (exact) mass is 404 g/mol. The molecule has 2 fully saturated rings. The molecule has 3 aliphatic heterocycles. The van der Waals surface area contributed by atoms with Crippen LogP contribution in [0, 0.1) is 5.92 Å². The Balaban J connectivity index is 1.50. The maximum atomic E-state index is 13.3. The first kappa shape index (κ1) is 20.6. The summed E-state index contributed by atoms with van der Waals surface area (Å²) in [5.74, 6) is -0.875. The van der Waals surface area contributed by atoms with Crippen LogP contribution >= 0.6 is 0 Å². The number of aliphatic hydroxyl groups excluding tert-OH is 1. The molecule has 0 radical (unpaired) electrons. The third-order valence-corrected chi connectivity index (χ3v) is 6.91. The lowest BCUT2D eigenvalue weighted by Gasteiger charge is -2.39. The molecule has 4 rings (SSSR count). The largest absolute Gasteiger partial charge is 0.489 e. The van der Waals surface area contributed by atoms with E-state index in [1.165, 1.54) is 19.3 Å². The van der Waals surface area contributed by atoms with Crippen molar-refractivity contribution in [2.75, 3.05) is 26.9 Å². The van der Waals surface area contributed by atoms with Gasteiger partial charge in [0.05, 0.1) is 30.9 Å². The lowest BCUT2D eigenvalue weighted by atomic mass is 9.83. The van der Waals surface area contributed by atoms with E-state index in [0.29, 0.717) is 30.0 Å². The van der Waals surface area contributed by atoms with Gasteiger partial charge < -0.3 is 24.8 Å². The molecule has 7 heteroatoms. The quantitative estimate of drug-likeness (QED) is 0.325. The molecule has 4 unspecified atom stereocenters. The molecule has 0 bridgehead atoms. The molecule has 2 saturated heterocycles. The van der Waals surface area contributed by atoms with Gasteiger partial charge in [0.2, 0.25) is 11.6 Å². The van der Waals surface area contributed by atoms with Crippen LogP contribution in [0.3, 0.4) is 0 Å². The fourth-order valence-corrected chi connectivity index (χ4v) is 5.35. The number of carbonyl (C=O) groups excluding carboxylic acids is 2. The number of rotatable bonds is 10. The summed E-state index contributed by atoms with van der Waals surface area (Å²) in [6, 6.07) is 0.249. The average Bonchev–Trinajstić information content (AvgIpc) is 3.33. The van der Waals surface area contributed by atoms with Crippen molar-refractivity contribution in [3.05, 3.63) is 22.6 Å². The molecule has 0 aromatic rings. The lowest BCUT2D eigenvalue weighted by molar-refractivity contribution is -0.137. The van der Waals surface area contributed by atoms with Crippen molar-refractivity contribution >= 4 is 11.6 Å². The summed E-state index contributed by atoms with van der Waals surface area (Å²) >= 11 is 0. The topological polar surface area (TPSA) is 98.0 Å². The van der Waals surface area contributed by atoms with Gasteiger partial charge in [0.15, 0.2) is 11.5 Å². The van der Waals surface area contributed by atoms with Gasteiger partial charge in [-0.2, -0.15) is 0 Å². The number of methoxy groups -OCH3 is 1. The van der Waals surface area contributed by atoms with E-state index in [1.54, 1.807) is 14.0 Å². The number of aliphatic hydroxyl groups is 1. The Morgan fingerprint density at radius 3 is 2.59 bits per heavy atom. The van der Waals surface area contributed by atoms with Crippen LogP contribution < -0.4 is 5.32 Å².